The van der Waals surface area contributed by atoms with Crippen LogP contribution in [0.25, 0.3) is 10.8 Å². The van der Waals surface area contributed by atoms with E-state index in [2.05, 4.69) is 15.0 Å². The number of esters is 1. The van der Waals surface area contributed by atoms with E-state index in [0.29, 0.717) is 10.8 Å². The van der Waals surface area contributed by atoms with Crippen molar-refractivity contribution in [1.29, 1.82) is 0 Å². The summed E-state index contributed by atoms with van der Waals surface area (Å²) in [5, 5.41) is 4.62. The van der Waals surface area contributed by atoms with Crippen LogP contribution in [0.3, 0.4) is 0 Å². The molecule has 18 heavy (non-hydrogen) atoms. The molecule has 1 N–H and O–H groups in total. The second kappa shape index (κ2) is 5.46. The van der Waals surface area contributed by atoms with Crippen LogP contribution in [0.2, 0.25) is 0 Å². The first kappa shape index (κ1) is 12.3. The van der Waals surface area contributed by atoms with Gasteiger partial charge >= 0.3 is 5.97 Å². The summed E-state index contributed by atoms with van der Waals surface area (Å²) in [6.07, 6.45) is 1.54. The van der Waals surface area contributed by atoms with Crippen LogP contribution in [-0.2, 0) is 9.53 Å². The van der Waals surface area contributed by atoms with Crippen LogP contribution in [-0.4, -0.2) is 30.5 Å². The number of furan rings is 1. The third-order valence-electron chi connectivity index (χ3n) is 2.09. The number of amides is 1. The second-order valence-corrected chi connectivity index (χ2v) is 4.13. The molecule has 0 atom stereocenters. The molecule has 7 heteroatoms. The van der Waals surface area contributed by atoms with Gasteiger partial charge in [0.1, 0.15) is 12.2 Å². The van der Waals surface area contributed by atoms with Crippen LogP contribution in [0.15, 0.2) is 28.2 Å². The molecule has 0 aliphatic heterocycles. The number of methoxy groups -OCH3 is 1. The van der Waals surface area contributed by atoms with E-state index in [4.69, 9.17) is 4.42 Å². The van der Waals surface area contributed by atoms with E-state index < -0.39 is 11.9 Å². The van der Waals surface area contributed by atoms with Crippen LogP contribution < -0.4 is 5.32 Å². The Bertz CT molecular complexity index is 547. The van der Waals surface area contributed by atoms with Crippen LogP contribution in [0.4, 0.5) is 0 Å². The van der Waals surface area contributed by atoms with Crippen LogP contribution in [0.1, 0.15) is 10.5 Å². The number of nitrogens with zero attached hydrogens (tertiary/aromatic N) is 1. The lowest BCUT2D eigenvalue weighted by atomic mass is 10.4. The average molecular weight is 266 g/mol. The van der Waals surface area contributed by atoms with E-state index in [1.165, 1.54) is 24.7 Å². The number of rotatable bonds is 4. The Morgan fingerprint density at radius 1 is 1.56 bits per heavy atom. The SMILES string of the molecule is COC(=O)CNC(=O)c1csc(-c2ccco2)n1. The second-order valence-electron chi connectivity index (χ2n) is 3.27. The van der Waals surface area contributed by atoms with Gasteiger partial charge in [-0.1, -0.05) is 0 Å². The lowest BCUT2D eigenvalue weighted by molar-refractivity contribution is -0.139. The molecule has 0 aromatic carbocycles. The maximum absolute atomic E-state index is 11.6. The monoisotopic (exact) mass is 266 g/mol. The first-order valence-corrected chi connectivity index (χ1v) is 5.93. The highest BCUT2D eigenvalue weighted by molar-refractivity contribution is 7.13. The summed E-state index contributed by atoms with van der Waals surface area (Å²) in [6, 6.07) is 3.50. The zero-order valence-corrected chi connectivity index (χ0v) is 10.3. The number of carbonyl (C=O) groups excluding carboxylic acids is 2. The first-order chi connectivity index (χ1) is 8.70. The van der Waals surface area contributed by atoms with Gasteiger partial charge in [-0.05, 0) is 12.1 Å². The smallest absolute Gasteiger partial charge is 0.325 e. The number of hydrogen-bond acceptors (Lipinski definition) is 6. The summed E-state index contributed by atoms with van der Waals surface area (Å²) in [5.74, 6) is -0.327. The van der Waals surface area contributed by atoms with Gasteiger partial charge in [-0.3, -0.25) is 9.59 Å². The van der Waals surface area contributed by atoms with Gasteiger partial charge in [0.25, 0.3) is 5.91 Å². The number of hydrogen-bond donors (Lipinski definition) is 1. The molecule has 0 radical (unpaired) electrons. The molecule has 0 aliphatic rings. The molecule has 0 aliphatic carbocycles. The zero-order valence-electron chi connectivity index (χ0n) is 9.50. The third-order valence-corrected chi connectivity index (χ3v) is 2.95. The summed E-state index contributed by atoms with van der Waals surface area (Å²) in [6.45, 7) is -0.178. The topological polar surface area (TPSA) is 81.4 Å². The minimum Gasteiger partial charge on any atom is -0.468 e. The molecule has 1 amide bonds. The van der Waals surface area contributed by atoms with Gasteiger partial charge in [0.05, 0.1) is 13.4 Å². The lowest BCUT2D eigenvalue weighted by Gasteiger charge is -2.00. The minimum atomic E-state index is -0.509. The Labute approximate surface area is 107 Å². The van der Waals surface area contributed by atoms with E-state index in [0.717, 1.165) is 0 Å². The van der Waals surface area contributed by atoms with Gasteiger partial charge in [-0.15, -0.1) is 11.3 Å². The van der Waals surface area contributed by atoms with Gasteiger partial charge in [0, 0.05) is 5.38 Å². The van der Waals surface area contributed by atoms with Gasteiger partial charge in [-0.25, -0.2) is 4.98 Å². The van der Waals surface area contributed by atoms with Crippen molar-refractivity contribution in [3.05, 3.63) is 29.5 Å². The molecule has 0 unspecified atom stereocenters. The summed E-state index contributed by atoms with van der Waals surface area (Å²) in [5.41, 5.74) is 0.246. The van der Waals surface area contributed by atoms with Gasteiger partial charge in [-0.2, -0.15) is 0 Å². The Hall–Kier alpha value is -2.15. The molecule has 0 bridgehead atoms. The summed E-state index contributed by atoms with van der Waals surface area (Å²) < 4.78 is 9.58. The standard InChI is InChI=1S/C11H10N2O4S/c1-16-9(14)5-12-10(15)7-6-18-11(13-7)8-3-2-4-17-8/h2-4,6H,5H2,1H3,(H,12,15). The molecule has 6 nitrogen and oxygen atoms in total. The number of thiazole rings is 1. The fourth-order valence-corrected chi connectivity index (χ4v) is 1.97. The van der Waals surface area contributed by atoms with Gasteiger partial charge in [0.15, 0.2) is 10.8 Å². The van der Waals surface area contributed by atoms with Crippen LogP contribution in [0, 0.1) is 0 Å². The third kappa shape index (κ3) is 2.75. The Morgan fingerprint density at radius 2 is 2.39 bits per heavy atom. The molecule has 2 heterocycles. The minimum absolute atomic E-state index is 0.178. The molecule has 2 aromatic heterocycles. The van der Waals surface area contributed by atoms with E-state index >= 15 is 0 Å². The number of carbonyl (C=O) groups is 2. The maximum atomic E-state index is 11.6. The van der Waals surface area contributed by atoms with Crippen molar-refractivity contribution in [2.45, 2.75) is 0 Å². The van der Waals surface area contributed by atoms with Gasteiger partial charge < -0.3 is 14.5 Å². The number of aromatic nitrogens is 1. The lowest BCUT2D eigenvalue weighted by Crippen LogP contribution is -2.30. The fraction of sp³-hybridized carbons (Fsp3) is 0.182. The zero-order chi connectivity index (χ0) is 13.0. The molecule has 0 saturated heterocycles. The molecule has 2 rings (SSSR count). The highest BCUT2D eigenvalue weighted by atomic mass is 32.1. The molecule has 0 spiro atoms. The summed E-state index contributed by atoms with van der Waals surface area (Å²) in [7, 11) is 1.26. The molecular formula is C11H10N2O4S. The number of nitrogens with one attached hydrogen (secondary N) is 1. The summed E-state index contributed by atoms with van der Waals surface area (Å²) in [4.78, 5) is 26.6. The van der Waals surface area contributed by atoms with Crippen molar-refractivity contribution >= 4 is 23.2 Å². The van der Waals surface area contributed by atoms with Crippen molar-refractivity contribution in [3.63, 3.8) is 0 Å². The van der Waals surface area contributed by atoms with Crippen LogP contribution >= 0.6 is 11.3 Å². The van der Waals surface area contributed by atoms with Crippen molar-refractivity contribution < 1.29 is 18.7 Å². The van der Waals surface area contributed by atoms with Crippen molar-refractivity contribution in [1.82, 2.24) is 10.3 Å². The first-order valence-electron chi connectivity index (χ1n) is 5.05. The van der Waals surface area contributed by atoms with E-state index in [-0.39, 0.29) is 12.2 Å². The largest absolute Gasteiger partial charge is 0.468 e. The highest BCUT2D eigenvalue weighted by Gasteiger charge is 2.13. The van der Waals surface area contributed by atoms with E-state index in [1.807, 2.05) is 0 Å². The normalized spacial score (nSPS) is 10.1. The quantitative estimate of drug-likeness (QED) is 0.844. The fourth-order valence-electron chi connectivity index (χ4n) is 1.21. The predicted molar refractivity (Wildman–Crippen MR) is 64.2 cm³/mol. The summed E-state index contributed by atoms with van der Waals surface area (Å²) >= 11 is 1.29. The average Bonchev–Trinajstić information content (AvgIpc) is 3.04. The molecule has 2 aromatic rings. The Balaban J connectivity index is 2.02. The van der Waals surface area contributed by atoms with Crippen LogP contribution in [0.5, 0.6) is 0 Å². The van der Waals surface area contributed by atoms with Gasteiger partial charge in [0.2, 0.25) is 0 Å². The van der Waals surface area contributed by atoms with Crippen molar-refractivity contribution in [2.75, 3.05) is 13.7 Å². The van der Waals surface area contributed by atoms with E-state index in [9.17, 15) is 9.59 Å². The van der Waals surface area contributed by atoms with Crippen molar-refractivity contribution in [3.8, 4) is 10.8 Å². The Morgan fingerprint density at radius 3 is 3.06 bits per heavy atom. The predicted octanol–water partition coefficient (Wildman–Crippen LogP) is 1.31. The van der Waals surface area contributed by atoms with Crippen molar-refractivity contribution in [2.24, 2.45) is 0 Å². The molecule has 0 fully saturated rings. The van der Waals surface area contributed by atoms with E-state index in [1.54, 1.807) is 17.5 Å². The molecule has 0 saturated carbocycles. The highest BCUT2D eigenvalue weighted by Crippen LogP contribution is 2.23. The number of ether oxygens (including phenoxy) is 1. The molecule has 94 valence electrons. The molecular weight excluding hydrogens is 256 g/mol. The maximum Gasteiger partial charge on any atom is 0.325 e. The Kier molecular flexibility index (Phi) is 3.73.